The zero-order valence-electron chi connectivity index (χ0n) is 15.8. The van der Waals surface area contributed by atoms with Crippen LogP contribution in [0.25, 0.3) is 0 Å². The van der Waals surface area contributed by atoms with Gasteiger partial charge in [0.15, 0.2) is 0 Å². The van der Waals surface area contributed by atoms with Gasteiger partial charge in [-0.2, -0.15) is 4.31 Å². The molecule has 27 heavy (non-hydrogen) atoms. The maximum absolute atomic E-state index is 12.5. The van der Waals surface area contributed by atoms with Crippen LogP contribution in [0, 0.1) is 5.92 Å². The third kappa shape index (κ3) is 6.04. The summed E-state index contributed by atoms with van der Waals surface area (Å²) in [5, 5.41) is 11.8. The maximum atomic E-state index is 12.5. The van der Waals surface area contributed by atoms with Crippen LogP contribution in [-0.4, -0.2) is 48.8 Å². The summed E-state index contributed by atoms with van der Waals surface area (Å²) in [6.45, 7) is 4.40. The van der Waals surface area contributed by atoms with Crippen LogP contribution in [-0.2, 0) is 26.0 Å². The molecule has 2 N–H and O–H groups in total. The molecule has 1 unspecified atom stereocenters. The second-order valence-electron chi connectivity index (χ2n) is 6.87. The second-order valence-corrected chi connectivity index (χ2v) is 8.81. The molecular weight excluding hydrogens is 368 g/mol. The Kier molecular flexibility index (Phi) is 7.38. The number of hydrogen-bond donors (Lipinski definition) is 2. The zero-order valence-corrected chi connectivity index (χ0v) is 16.7. The predicted molar refractivity (Wildman–Crippen MR) is 102 cm³/mol. The first-order chi connectivity index (χ1) is 12.8. The third-order valence-electron chi connectivity index (χ3n) is 4.81. The van der Waals surface area contributed by atoms with Crippen molar-refractivity contribution in [3.05, 3.63) is 29.8 Å². The van der Waals surface area contributed by atoms with Gasteiger partial charge in [0.2, 0.25) is 15.9 Å². The molecule has 0 aromatic heterocycles. The first kappa shape index (κ1) is 21.4. The lowest BCUT2D eigenvalue weighted by Gasteiger charge is -2.18. The van der Waals surface area contributed by atoms with E-state index >= 15 is 0 Å². The van der Waals surface area contributed by atoms with E-state index in [1.807, 2.05) is 0 Å². The first-order valence-electron chi connectivity index (χ1n) is 9.39. The van der Waals surface area contributed by atoms with E-state index < -0.39 is 22.0 Å². The fraction of sp³-hybridized carbons (Fsp3) is 0.579. The van der Waals surface area contributed by atoms with Gasteiger partial charge in [-0.05, 0) is 36.5 Å². The van der Waals surface area contributed by atoms with Crippen LogP contribution in [0.2, 0.25) is 0 Å². The Bertz CT molecular complexity index is 753. The van der Waals surface area contributed by atoms with Crippen LogP contribution >= 0.6 is 0 Å². The Balaban J connectivity index is 1.90. The molecule has 1 aliphatic rings. The van der Waals surface area contributed by atoms with Gasteiger partial charge in [0.1, 0.15) is 6.04 Å². The molecule has 1 fully saturated rings. The summed E-state index contributed by atoms with van der Waals surface area (Å²) < 4.78 is 26.3. The number of benzene rings is 1. The number of carboxylic acids is 1. The van der Waals surface area contributed by atoms with Crippen LogP contribution in [0.15, 0.2) is 29.2 Å². The fourth-order valence-electron chi connectivity index (χ4n) is 2.97. The molecule has 0 radical (unpaired) electrons. The molecule has 0 aliphatic heterocycles. The quantitative estimate of drug-likeness (QED) is 0.595. The lowest BCUT2D eigenvalue weighted by Crippen LogP contribution is -2.41. The van der Waals surface area contributed by atoms with Gasteiger partial charge in [0, 0.05) is 19.5 Å². The van der Waals surface area contributed by atoms with Gasteiger partial charge in [-0.15, -0.1) is 0 Å². The van der Waals surface area contributed by atoms with Gasteiger partial charge in [0.25, 0.3) is 0 Å². The molecule has 1 saturated carbocycles. The average molecular weight is 397 g/mol. The van der Waals surface area contributed by atoms with Gasteiger partial charge >= 0.3 is 5.97 Å². The minimum Gasteiger partial charge on any atom is -0.480 e. The minimum absolute atomic E-state index is 0.163. The molecule has 1 aliphatic carbocycles. The number of nitrogens with zero attached hydrogens (tertiary/aromatic N) is 1. The molecule has 1 atom stereocenters. The summed E-state index contributed by atoms with van der Waals surface area (Å²) in [4.78, 5) is 23.5. The van der Waals surface area contributed by atoms with Crippen molar-refractivity contribution in [1.29, 1.82) is 0 Å². The van der Waals surface area contributed by atoms with Crippen molar-refractivity contribution in [3.63, 3.8) is 0 Å². The van der Waals surface area contributed by atoms with Gasteiger partial charge in [-0.25, -0.2) is 13.2 Å². The molecular formula is C19H28N2O5S. The van der Waals surface area contributed by atoms with Gasteiger partial charge in [0.05, 0.1) is 4.90 Å². The van der Waals surface area contributed by atoms with Crippen molar-refractivity contribution in [1.82, 2.24) is 9.62 Å². The highest BCUT2D eigenvalue weighted by atomic mass is 32.2. The summed E-state index contributed by atoms with van der Waals surface area (Å²) in [5.41, 5.74) is 0.831. The maximum Gasteiger partial charge on any atom is 0.326 e. The molecule has 0 heterocycles. The predicted octanol–water partition coefficient (Wildman–Crippen LogP) is 2.02. The summed E-state index contributed by atoms with van der Waals surface area (Å²) in [6, 6.07) is 5.67. The smallest absolute Gasteiger partial charge is 0.326 e. The largest absolute Gasteiger partial charge is 0.480 e. The SMILES string of the molecule is CCN(CC)S(=O)(=O)c1ccc(CCC(=O)NC(CC2CC2)C(=O)O)cc1. The lowest BCUT2D eigenvalue weighted by molar-refractivity contribution is -0.142. The fourth-order valence-corrected chi connectivity index (χ4v) is 4.43. The van der Waals surface area contributed by atoms with Crippen molar-refractivity contribution in [2.45, 2.75) is 56.9 Å². The number of nitrogens with one attached hydrogen (secondary N) is 1. The highest BCUT2D eigenvalue weighted by Crippen LogP contribution is 2.33. The molecule has 1 amide bonds. The van der Waals surface area contributed by atoms with Crippen molar-refractivity contribution >= 4 is 21.9 Å². The molecule has 8 heteroatoms. The number of aryl methyl sites for hydroxylation is 1. The second kappa shape index (κ2) is 9.32. The third-order valence-corrected chi connectivity index (χ3v) is 6.87. The van der Waals surface area contributed by atoms with Crippen molar-refractivity contribution in [2.24, 2.45) is 5.92 Å². The van der Waals surface area contributed by atoms with E-state index in [0.29, 0.717) is 31.8 Å². The molecule has 1 aromatic carbocycles. The van der Waals surface area contributed by atoms with Crippen LogP contribution in [0.1, 0.15) is 45.1 Å². The van der Waals surface area contributed by atoms with E-state index in [4.69, 9.17) is 0 Å². The number of carbonyl (C=O) groups excluding carboxylic acids is 1. The van der Waals surface area contributed by atoms with Crippen LogP contribution in [0.4, 0.5) is 0 Å². The van der Waals surface area contributed by atoms with E-state index in [2.05, 4.69) is 5.32 Å². The van der Waals surface area contributed by atoms with E-state index in [9.17, 15) is 23.1 Å². The Morgan fingerprint density at radius 3 is 2.26 bits per heavy atom. The summed E-state index contributed by atoms with van der Waals surface area (Å²) in [6.07, 6.45) is 3.13. The Morgan fingerprint density at radius 1 is 1.19 bits per heavy atom. The van der Waals surface area contributed by atoms with Crippen molar-refractivity contribution < 1.29 is 23.1 Å². The molecule has 2 rings (SSSR count). The standard InChI is InChI=1S/C19H28N2O5S/c1-3-21(4-2)27(25,26)16-10-7-14(8-11-16)9-12-18(22)20-17(19(23)24)13-15-5-6-15/h7-8,10-11,15,17H,3-6,9,12-13H2,1-2H3,(H,20,22)(H,23,24). The summed E-state index contributed by atoms with van der Waals surface area (Å²) >= 11 is 0. The average Bonchev–Trinajstić information content (AvgIpc) is 3.44. The van der Waals surface area contributed by atoms with Gasteiger partial charge < -0.3 is 10.4 Å². The Labute approximate surface area is 160 Å². The first-order valence-corrected chi connectivity index (χ1v) is 10.8. The number of sulfonamides is 1. The van der Waals surface area contributed by atoms with Crippen molar-refractivity contribution in [3.8, 4) is 0 Å². The normalized spacial score (nSPS) is 15.5. The number of carboxylic acid groups (broad SMARTS) is 1. The molecule has 0 spiro atoms. The van der Waals surface area contributed by atoms with Crippen molar-refractivity contribution in [2.75, 3.05) is 13.1 Å². The molecule has 7 nitrogen and oxygen atoms in total. The number of rotatable bonds is 11. The number of carbonyl (C=O) groups is 2. The van der Waals surface area contributed by atoms with E-state index in [-0.39, 0.29) is 17.2 Å². The lowest BCUT2D eigenvalue weighted by atomic mass is 10.1. The molecule has 0 saturated heterocycles. The van der Waals surface area contributed by atoms with E-state index in [1.54, 1.807) is 38.1 Å². The van der Waals surface area contributed by atoms with Crippen LogP contribution < -0.4 is 5.32 Å². The Hall–Kier alpha value is -1.93. The van der Waals surface area contributed by atoms with Crippen LogP contribution in [0.5, 0.6) is 0 Å². The van der Waals surface area contributed by atoms with E-state index in [0.717, 1.165) is 18.4 Å². The highest BCUT2D eigenvalue weighted by molar-refractivity contribution is 7.89. The molecule has 150 valence electrons. The highest BCUT2D eigenvalue weighted by Gasteiger charge is 2.30. The van der Waals surface area contributed by atoms with E-state index in [1.165, 1.54) is 4.31 Å². The number of hydrogen-bond acceptors (Lipinski definition) is 4. The van der Waals surface area contributed by atoms with Gasteiger partial charge in [-0.1, -0.05) is 38.8 Å². The summed E-state index contributed by atoms with van der Waals surface area (Å²) in [7, 11) is -3.49. The number of aliphatic carboxylic acids is 1. The minimum atomic E-state index is -3.49. The molecule has 1 aromatic rings. The Morgan fingerprint density at radius 2 is 1.78 bits per heavy atom. The summed E-state index contributed by atoms with van der Waals surface area (Å²) in [5.74, 6) is -0.893. The van der Waals surface area contributed by atoms with Gasteiger partial charge in [-0.3, -0.25) is 4.79 Å². The zero-order chi connectivity index (χ0) is 20.0. The van der Waals surface area contributed by atoms with Crippen LogP contribution in [0.3, 0.4) is 0 Å². The monoisotopic (exact) mass is 396 g/mol. The molecule has 0 bridgehead atoms. The number of amides is 1. The topological polar surface area (TPSA) is 104 Å².